The van der Waals surface area contributed by atoms with Gasteiger partial charge in [-0.3, -0.25) is 19.8 Å². The molecule has 3 atom stereocenters. The Morgan fingerprint density at radius 2 is 1.88 bits per heavy atom. The van der Waals surface area contributed by atoms with Gasteiger partial charge in [0.15, 0.2) is 0 Å². The molecule has 5 N–H and O–H groups in total. The number of nitrogens with zero attached hydrogens (tertiary/aromatic N) is 1. The highest BCUT2D eigenvalue weighted by Crippen LogP contribution is 2.50. The van der Waals surface area contributed by atoms with E-state index in [1.54, 1.807) is 36.8 Å². The number of amides is 3. The standard InChI is InChI=1S/C30H31F2N5O4S/c1-16(25-11-19(15-42-25)27(33)34)36-29(40)24-9-17(14-41-2)13-37(24)26(38)12-35-28(39)18-7-8-23-21(10-18)20-5-3-4-6-22(20)30(23,31)32/h3-8,10-11,15-17,24H,9,12-14H2,1-2H3,(H3,33,34)(H,35,39)(H,36,40)/t16-,17+,24+/m1/s1. The molecule has 2 heterocycles. The second-order valence-electron chi connectivity index (χ2n) is 10.6. The summed E-state index contributed by atoms with van der Waals surface area (Å²) in [6.07, 6.45) is 0.396. The molecule has 220 valence electrons. The molecule has 42 heavy (non-hydrogen) atoms. The molecule has 3 amide bonds. The Hall–Kier alpha value is -4.16. The van der Waals surface area contributed by atoms with Gasteiger partial charge in [0.05, 0.1) is 19.2 Å². The van der Waals surface area contributed by atoms with Gasteiger partial charge in [-0.15, -0.1) is 11.3 Å². The molecule has 1 fully saturated rings. The maximum atomic E-state index is 14.9. The lowest BCUT2D eigenvalue weighted by atomic mass is 10.0. The van der Waals surface area contributed by atoms with E-state index in [1.165, 1.54) is 40.5 Å². The van der Waals surface area contributed by atoms with Gasteiger partial charge in [0.2, 0.25) is 11.8 Å². The van der Waals surface area contributed by atoms with Crippen molar-refractivity contribution in [2.45, 2.75) is 31.4 Å². The van der Waals surface area contributed by atoms with Crippen LogP contribution in [-0.2, 0) is 20.2 Å². The maximum Gasteiger partial charge on any atom is 0.299 e. The van der Waals surface area contributed by atoms with Crippen LogP contribution in [0.2, 0.25) is 0 Å². The second kappa shape index (κ2) is 11.6. The number of nitrogens with two attached hydrogens (primary N) is 1. The van der Waals surface area contributed by atoms with Crippen LogP contribution in [0.5, 0.6) is 0 Å². The number of alkyl halides is 2. The zero-order chi connectivity index (χ0) is 30.2. The average molecular weight is 596 g/mol. The van der Waals surface area contributed by atoms with Gasteiger partial charge in [0.1, 0.15) is 11.9 Å². The van der Waals surface area contributed by atoms with Crippen LogP contribution in [0.25, 0.3) is 11.1 Å². The van der Waals surface area contributed by atoms with E-state index in [9.17, 15) is 23.2 Å². The van der Waals surface area contributed by atoms with E-state index < -0.39 is 23.8 Å². The van der Waals surface area contributed by atoms with Crippen LogP contribution in [0.1, 0.15) is 51.3 Å². The zero-order valence-electron chi connectivity index (χ0n) is 23.1. The topological polar surface area (TPSA) is 138 Å². The fraction of sp³-hybridized carbons (Fsp3) is 0.333. The van der Waals surface area contributed by atoms with Crippen molar-refractivity contribution in [3.63, 3.8) is 0 Å². The predicted octanol–water partition coefficient (Wildman–Crippen LogP) is 3.62. The molecule has 0 saturated carbocycles. The third-order valence-electron chi connectivity index (χ3n) is 7.71. The van der Waals surface area contributed by atoms with Gasteiger partial charge in [-0.2, -0.15) is 8.78 Å². The summed E-state index contributed by atoms with van der Waals surface area (Å²) >= 11 is 1.37. The minimum absolute atomic E-state index is 0.0595. The molecule has 2 aliphatic rings. The van der Waals surface area contributed by atoms with E-state index in [-0.39, 0.29) is 59.0 Å². The van der Waals surface area contributed by atoms with Gasteiger partial charge < -0.3 is 26.0 Å². The first-order valence-corrected chi connectivity index (χ1v) is 14.3. The van der Waals surface area contributed by atoms with Crippen LogP contribution in [0, 0.1) is 11.3 Å². The maximum absolute atomic E-state index is 14.9. The van der Waals surface area contributed by atoms with E-state index >= 15 is 0 Å². The molecular formula is C30H31F2N5O4S. The Morgan fingerprint density at radius 3 is 2.60 bits per heavy atom. The normalized spacial score (nSPS) is 19.1. The van der Waals surface area contributed by atoms with Crippen molar-refractivity contribution in [2.24, 2.45) is 11.7 Å². The Bertz CT molecular complexity index is 1560. The summed E-state index contributed by atoms with van der Waals surface area (Å²) in [4.78, 5) is 41.8. The number of thiophene rings is 1. The lowest BCUT2D eigenvalue weighted by Crippen LogP contribution is -2.49. The van der Waals surface area contributed by atoms with Crippen molar-refractivity contribution in [2.75, 3.05) is 26.8 Å². The van der Waals surface area contributed by atoms with Crippen LogP contribution >= 0.6 is 11.3 Å². The highest BCUT2D eigenvalue weighted by atomic mass is 32.1. The molecule has 0 unspecified atom stereocenters. The number of fused-ring (bicyclic) bond motifs is 3. The van der Waals surface area contributed by atoms with E-state index in [2.05, 4.69) is 10.6 Å². The molecule has 5 rings (SSSR count). The number of ether oxygens (including phenoxy) is 1. The quantitative estimate of drug-likeness (QED) is 0.221. The number of carbonyl (C=O) groups excluding carboxylic acids is 3. The van der Waals surface area contributed by atoms with Crippen molar-refractivity contribution in [1.82, 2.24) is 15.5 Å². The van der Waals surface area contributed by atoms with E-state index in [0.29, 0.717) is 24.2 Å². The molecule has 1 saturated heterocycles. The first-order valence-electron chi connectivity index (χ1n) is 13.4. The minimum Gasteiger partial charge on any atom is -0.384 e. The van der Waals surface area contributed by atoms with Gasteiger partial charge in [-0.05, 0) is 42.7 Å². The molecule has 1 aliphatic carbocycles. The van der Waals surface area contributed by atoms with Gasteiger partial charge in [-0.25, -0.2) is 0 Å². The van der Waals surface area contributed by atoms with Crippen molar-refractivity contribution in [1.29, 1.82) is 5.41 Å². The number of methoxy groups -OCH3 is 1. The van der Waals surface area contributed by atoms with Crippen LogP contribution in [-0.4, -0.2) is 61.3 Å². The van der Waals surface area contributed by atoms with E-state index in [4.69, 9.17) is 15.9 Å². The number of carbonyl (C=O) groups is 3. The summed E-state index contributed by atoms with van der Waals surface area (Å²) in [5, 5.41) is 14.9. The summed E-state index contributed by atoms with van der Waals surface area (Å²) in [6, 6.07) is 10.8. The summed E-state index contributed by atoms with van der Waals surface area (Å²) in [5.74, 6) is -4.64. The predicted molar refractivity (Wildman–Crippen MR) is 155 cm³/mol. The van der Waals surface area contributed by atoms with Crippen molar-refractivity contribution in [3.05, 3.63) is 81.0 Å². The molecule has 1 aromatic heterocycles. The van der Waals surface area contributed by atoms with Crippen LogP contribution in [0.4, 0.5) is 8.78 Å². The molecule has 12 heteroatoms. The third kappa shape index (κ3) is 5.51. The lowest BCUT2D eigenvalue weighted by molar-refractivity contribution is -0.138. The van der Waals surface area contributed by atoms with E-state index in [1.807, 2.05) is 6.92 Å². The number of likely N-dealkylation sites (tertiary alicyclic amines) is 1. The Balaban J connectivity index is 1.26. The first kappa shape index (κ1) is 29.3. The smallest absolute Gasteiger partial charge is 0.299 e. The van der Waals surface area contributed by atoms with Gasteiger partial charge in [0.25, 0.3) is 11.8 Å². The summed E-state index contributed by atoms with van der Waals surface area (Å²) in [5.41, 5.74) is 6.65. The fourth-order valence-electron chi connectivity index (χ4n) is 5.58. The van der Waals surface area contributed by atoms with E-state index in [0.717, 1.165) is 4.88 Å². The Labute approximate surface area is 245 Å². The van der Waals surface area contributed by atoms with Gasteiger partial charge in [-0.1, -0.05) is 30.3 Å². The molecule has 0 bridgehead atoms. The number of amidine groups is 1. The molecule has 0 radical (unpaired) electrons. The average Bonchev–Trinajstić information content (AvgIpc) is 3.68. The van der Waals surface area contributed by atoms with Crippen molar-refractivity contribution >= 4 is 34.9 Å². The molecule has 2 aromatic carbocycles. The first-order chi connectivity index (χ1) is 20.0. The second-order valence-corrected chi connectivity index (χ2v) is 11.5. The number of hydrogen-bond acceptors (Lipinski definition) is 6. The van der Waals surface area contributed by atoms with Crippen molar-refractivity contribution < 1.29 is 27.9 Å². The monoisotopic (exact) mass is 595 g/mol. The highest BCUT2D eigenvalue weighted by molar-refractivity contribution is 7.10. The third-order valence-corrected chi connectivity index (χ3v) is 8.82. The highest BCUT2D eigenvalue weighted by Gasteiger charge is 2.44. The summed E-state index contributed by atoms with van der Waals surface area (Å²) < 4.78 is 35.0. The number of nitrogens with one attached hydrogen (secondary N) is 3. The largest absolute Gasteiger partial charge is 0.384 e. The molecule has 3 aromatic rings. The number of hydrogen-bond donors (Lipinski definition) is 4. The molecule has 0 spiro atoms. The molecular weight excluding hydrogens is 564 g/mol. The SMILES string of the molecule is COC[C@H]1C[C@@H](C(=O)N[C@H](C)c2cc(C(=N)N)cs2)N(C(=O)CNC(=O)c2ccc3c(c2)-c2ccccc2C3(F)F)C1. The molecule has 1 aliphatic heterocycles. The fourth-order valence-corrected chi connectivity index (χ4v) is 6.50. The Kier molecular flexibility index (Phi) is 8.11. The van der Waals surface area contributed by atoms with Crippen molar-refractivity contribution in [3.8, 4) is 11.1 Å². The summed E-state index contributed by atoms with van der Waals surface area (Å²) in [7, 11) is 1.55. The lowest BCUT2D eigenvalue weighted by Gasteiger charge is -2.25. The molecule has 9 nitrogen and oxygen atoms in total. The van der Waals surface area contributed by atoms with Crippen LogP contribution in [0.3, 0.4) is 0 Å². The zero-order valence-corrected chi connectivity index (χ0v) is 23.9. The number of rotatable bonds is 9. The minimum atomic E-state index is -3.16. The number of halogens is 2. The van der Waals surface area contributed by atoms with Crippen LogP contribution < -0.4 is 16.4 Å². The Morgan fingerprint density at radius 1 is 1.14 bits per heavy atom. The summed E-state index contributed by atoms with van der Waals surface area (Å²) in [6.45, 7) is 2.10. The van der Waals surface area contributed by atoms with Gasteiger partial charge in [0, 0.05) is 52.1 Å². The van der Waals surface area contributed by atoms with Gasteiger partial charge >= 0.3 is 0 Å². The number of nitrogen functional groups attached to an aromatic ring is 1. The number of benzene rings is 2. The van der Waals surface area contributed by atoms with Crippen LogP contribution in [0.15, 0.2) is 53.9 Å².